The number of ether oxygens (including phenoxy) is 1. The molecule has 3 nitrogen and oxygen atoms in total. The van der Waals surface area contributed by atoms with Crippen LogP contribution in [0, 0.1) is 5.92 Å². The van der Waals surface area contributed by atoms with Crippen LogP contribution in [-0.4, -0.2) is 25.7 Å². The summed E-state index contributed by atoms with van der Waals surface area (Å²) in [5.41, 5.74) is 0. The molecule has 3 heteroatoms. The number of hydrogen-bond acceptors (Lipinski definition) is 2. The summed E-state index contributed by atoms with van der Waals surface area (Å²) in [5, 5.41) is 2.68. The van der Waals surface area contributed by atoms with E-state index in [4.69, 9.17) is 4.74 Å². The molecule has 0 aromatic rings. The highest BCUT2D eigenvalue weighted by Gasteiger charge is 1.94. The molecule has 78 valence electrons. The van der Waals surface area contributed by atoms with Crippen molar-refractivity contribution in [2.45, 2.75) is 33.6 Å². The summed E-state index contributed by atoms with van der Waals surface area (Å²) in [5.74, 6) is 0.754. The van der Waals surface area contributed by atoms with Gasteiger partial charge in [-0.3, -0.25) is 4.79 Å². The molecule has 0 aliphatic carbocycles. The van der Waals surface area contributed by atoms with Crippen molar-refractivity contribution in [1.29, 1.82) is 0 Å². The van der Waals surface area contributed by atoms with Crippen LogP contribution in [0.5, 0.6) is 0 Å². The van der Waals surface area contributed by atoms with Crippen LogP contribution < -0.4 is 5.32 Å². The maximum absolute atomic E-state index is 10.5. The summed E-state index contributed by atoms with van der Waals surface area (Å²) >= 11 is 0. The highest BCUT2D eigenvalue weighted by molar-refractivity contribution is 5.72. The number of amides is 1. The van der Waals surface area contributed by atoms with Gasteiger partial charge in [-0.25, -0.2) is 0 Å². The van der Waals surface area contributed by atoms with E-state index in [0.717, 1.165) is 18.9 Å². The fourth-order valence-electron chi connectivity index (χ4n) is 0.995. The number of carbonyl (C=O) groups excluding carboxylic acids is 1. The van der Waals surface area contributed by atoms with Crippen LogP contribution in [-0.2, 0) is 9.53 Å². The topological polar surface area (TPSA) is 38.3 Å². The summed E-state index contributed by atoms with van der Waals surface area (Å²) < 4.78 is 5.32. The second-order valence-electron chi connectivity index (χ2n) is 3.63. The Morgan fingerprint density at radius 1 is 1.38 bits per heavy atom. The van der Waals surface area contributed by atoms with Crippen molar-refractivity contribution in [3.05, 3.63) is 0 Å². The minimum absolute atomic E-state index is 0.00535. The first-order chi connectivity index (χ1) is 6.13. The Kier molecular flexibility index (Phi) is 7.69. The van der Waals surface area contributed by atoms with Crippen molar-refractivity contribution >= 4 is 5.91 Å². The van der Waals surface area contributed by atoms with Gasteiger partial charge >= 0.3 is 0 Å². The lowest BCUT2D eigenvalue weighted by Gasteiger charge is -2.06. The van der Waals surface area contributed by atoms with E-state index in [0.29, 0.717) is 13.2 Å². The van der Waals surface area contributed by atoms with Crippen LogP contribution in [0.1, 0.15) is 33.6 Å². The van der Waals surface area contributed by atoms with Gasteiger partial charge in [0, 0.05) is 20.1 Å². The molecule has 0 saturated heterocycles. The molecule has 1 amide bonds. The molecule has 0 aromatic carbocycles. The Bertz CT molecular complexity index is 135. The van der Waals surface area contributed by atoms with Crippen molar-refractivity contribution in [3.63, 3.8) is 0 Å². The second kappa shape index (κ2) is 8.05. The predicted octanol–water partition coefficient (Wildman–Crippen LogP) is 1.58. The fraction of sp³-hybridized carbons (Fsp3) is 0.900. The Balaban J connectivity index is 2.96. The first-order valence-electron chi connectivity index (χ1n) is 4.95. The maximum Gasteiger partial charge on any atom is 0.216 e. The van der Waals surface area contributed by atoms with E-state index in [1.807, 2.05) is 0 Å². The van der Waals surface area contributed by atoms with E-state index in [1.54, 1.807) is 0 Å². The molecule has 0 unspecified atom stereocenters. The number of hydrogen-bond donors (Lipinski definition) is 1. The molecule has 0 saturated carbocycles. The van der Waals surface area contributed by atoms with Gasteiger partial charge in [0.1, 0.15) is 0 Å². The lowest BCUT2D eigenvalue weighted by atomic mass is 10.1. The van der Waals surface area contributed by atoms with Gasteiger partial charge in [0.25, 0.3) is 0 Å². The molecule has 0 aliphatic heterocycles. The zero-order valence-corrected chi connectivity index (χ0v) is 8.93. The van der Waals surface area contributed by atoms with E-state index in [9.17, 15) is 4.79 Å². The molecule has 0 fully saturated rings. The summed E-state index contributed by atoms with van der Waals surface area (Å²) in [7, 11) is 0. The minimum Gasteiger partial charge on any atom is -0.380 e. The first-order valence-corrected chi connectivity index (χ1v) is 4.95. The number of rotatable bonds is 7. The second-order valence-corrected chi connectivity index (χ2v) is 3.63. The molecule has 0 aromatic heterocycles. The summed E-state index contributed by atoms with van der Waals surface area (Å²) in [4.78, 5) is 10.5. The van der Waals surface area contributed by atoms with Crippen LogP contribution in [0.15, 0.2) is 0 Å². The Morgan fingerprint density at radius 2 is 2.08 bits per heavy atom. The normalized spacial score (nSPS) is 10.5. The first kappa shape index (κ1) is 12.4. The van der Waals surface area contributed by atoms with Crippen molar-refractivity contribution in [1.82, 2.24) is 5.32 Å². The molecule has 0 spiro atoms. The number of nitrogens with one attached hydrogen (secondary N) is 1. The van der Waals surface area contributed by atoms with Gasteiger partial charge in [0.15, 0.2) is 0 Å². The summed E-state index contributed by atoms with van der Waals surface area (Å²) in [6, 6.07) is 0. The molecule has 0 atom stereocenters. The third-order valence-corrected chi connectivity index (χ3v) is 1.69. The molecule has 0 heterocycles. The minimum atomic E-state index is 0.00535. The molecular weight excluding hydrogens is 166 g/mol. The van der Waals surface area contributed by atoms with Gasteiger partial charge < -0.3 is 10.1 Å². The zero-order valence-electron chi connectivity index (χ0n) is 8.93. The van der Waals surface area contributed by atoms with Crippen LogP contribution in [0.3, 0.4) is 0 Å². The zero-order chi connectivity index (χ0) is 10.1. The Hall–Kier alpha value is -0.570. The molecule has 13 heavy (non-hydrogen) atoms. The highest BCUT2D eigenvalue weighted by atomic mass is 16.5. The Labute approximate surface area is 80.8 Å². The fourth-order valence-corrected chi connectivity index (χ4v) is 0.995. The summed E-state index contributed by atoms with van der Waals surface area (Å²) in [6.07, 6.45) is 2.32. The largest absolute Gasteiger partial charge is 0.380 e. The quantitative estimate of drug-likeness (QED) is 0.614. The molecule has 0 rings (SSSR count). The van der Waals surface area contributed by atoms with Crippen LogP contribution in [0.25, 0.3) is 0 Å². The van der Waals surface area contributed by atoms with Crippen molar-refractivity contribution in [2.75, 3.05) is 19.8 Å². The average molecular weight is 187 g/mol. The lowest BCUT2D eigenvalue weighted by Crippen LogP contribution is -2.24. The van der Waals surface area contributed by atoms with Gasteiger partial charge in [-0.2, -0.15) is 0 Å². The maximum atomic E-state index is 10.5. The SMILES string of the molecule is CC(=O)NCCOCCCC(C)C. The van der Waals surface area contributed by atoms with Crippen LogP contribution in [0.2, 0.25) is 0 Å². The molecule has 0 aliphatic rings. The number of carbonyl (C=O) groups is 1. The van der Waals surface area contributed by atoms with Gasteiger partial charge in [0.2, 0.25) is 5.91 Å². The van der Waals surface area contributed by atoms with E-state index in [2.05, 4.69) is 19.2 Å². The predicted molar refractivity (Wildman–Crippen MR) is 53.6 cm³/mol. The smallest absolute Gasteiger partial charge is 0.216 e. The third kappa shape index (κ3) is 11.4. The van der Waals surface area contributed by atoms with Crippen molar-refractivity contribution in [2.24, 2.45) is 5.92 Å². The molecule has 0 radical (unpaired) electrons. The third-order valence-electron chi connectivity index (χ3n) is 1.69. The monoisotopic (exact) mass is 187 g/mol. The lowest BCUT2D eigenvalue weighted by molar-refractivity contribution is -0.119. The van der Waals surface area contributed by atoms with E-state index in [-0.39, 0.29) is 5.91 Å². The average Bonchev–Trinajstić information content (AvgIpc) is 2.01. The van der Waals surface area contributed by atoms with Gasteiger partial charge in [-0.15, -0.1) is 0 Å². The molecule has 1 N–H and O–H groups in total. The van der Waals surface area contributed by atoms with Crippen LogP contribution >= 0.6 is 0 Å². The van der Waals surface area contributed by atoms with E-state index < -0.39 is 0 Å². The summed E-state index contributed by atoms with van der Waals surface area (Å²) in [6.45, 7) is 7.97. The standard InChI is InChI=1S/C10H21NO2/c1-9(2)5-4-7-13-8-6-11-10(3)12/h9H,4-8H2,1-3H3,(H,11,12). The highest BCUT2D eigenvalue weighted by Crippen LogP contribution is 2.02. The van der Waals surface area contributed by atoms with Crippen LogP contribution in [0.4, 0.5) is 0 Å². The molecular formula is C10H21NO2. The Morgan fingerprint density at radius 3 is 2.62 bits per heavy atom. The van der Waals surface area contributed by atoms with Crippen molar-refractivity contribution in [3.8, 4) is 0 Å². The van der Waals surface area contributed by atoms with Gasteiger partial charge in [-0.1, -0.05) is 13.8 Å². The van der Waals surface area contributed by atoms with Gasteiger partial charge in [-0.05, 0) is 18.8 Å². The van der Waals surface area contributed by atoms with Gasteiger partial charge in [0.05, 0.1) is 6.61 Å². The van der Waals surface area contributed by atoms with Crippen molar-refractivity contribution < 1.29 is 9.53 Å². The van der Waals surface area contributed by atoms with E-state index >= 15 is 0 Å². The van der Waals surface area contributed by atoms with E-state index in [1.165, 1.54) is 13.3 Å². The molecule has 0 bridgehead atoms.